The van der Waals surface area contributed by atoms with E-state index in [9.17, 15) is 14.9 Å². The molecule has 0 radical (unpaired) electrons. The lowest BCUT2D eigenvalue weighted by Gasteiger charge is -2.38. The number of nitrogens with zero attached hydrogens (tertiary/aromatic N) is 2. The van der Waals surface area contributed by atoms with Crippen LogP contribution in [-0.2, 0) is 9.59 Å². The summed E-state index contributed by atoms with van der Waals surface area (Å²) in [5, 5.41) is 9.51. The van der Waals surface area contributed by atoms with Crippen molar-refractivity contribution in [3.8, 4) is 17.6 Å². The summed E-state index contributed by atoms with van der Waals surface area (Å²) in [5.41, 5.74) is 3.25. The molecule has 1 aliphatic carbocycles. The number of carbonyl (C=O) groups is 2. The molecular formula is C23H18N2O4. The quantitative estimate of drug-likeness (QED) is 0.784. The van der Waals surface area contributed by atoms with E-state index < -0.39 is 0 Å². The van der Waals surface area contributed by atoms with Crippen LogP contribution in [0, 0.1) is 11.3 Å². The second kappa shape index (κ2) is 6.78. The van der Waals surface area contributed by atoms with Crippen molar-refractivity contribution in [2.24, 2.45) is 0 Å². The van der Waals surface area contributed by atoms with Gasteiger partial charge in [-0.05, 0) is 42.7 Å². The van der Waals surface area contributed by atoms with Crippen LogP contribution in [0.3, 0.4) is 0 Å². The third kappa shape index (κ3) is 2.78. The van der Waals surface area contributed by atoms with E-state index in [-0.39, 0.29) is 30.8 Å². The summed E-state index contributed by atoms with van der Waals surface area (Å²) in [4.78, 5) is 27.8. The van der Waals surface area contributed by atoms with Crippen molar-refractivity contribution in [1.82, 2.24) is 0 Å². The van der Waals surface area contributed by atoms with Gasteiger partial charge in [0.2, 0.25) is 12.7 Å². The first-order chi connectivity index (χ1) is 14.2. The molecule has 0 spiro atoms. The maximum Gasteiger partial charge on any atom is 0.232 e. The van der Waals surface area contributed by atoms with Crippen LogP contribution in [0.25, 0.3) is 0 Å². The number of para-hydroxylation sites is 1. The Balaban J connectivity index is 1.66. The lowest BCUT2D eigenvalue weighted by atomic mass is 9.77. The molecule has 6 nitrogen and oxygen atoms in total. The Kier molecular flexibility index (Phi) is 4.09. The number of anilines is 1. The van der Waals surface area contributed by atoms with E-state index in [0.717, 1.165) is 11.3 Å². The normalized spacial score (nSPS) is 20.5. The predicted molar refractivity (Wildman–Crippen MR) is 104 cm³/mol. The van der Waals surface area contributed by atoms with Gasteiger partial charge in [0.25, 0.3) is 0 Å². The van der Waals surface area contributed by atoms with Crippen molar-refractivity contribution in [3.05, 3.63) is 64.9 Å². The highest BCUT2D eigenvalue weighted by Gasteiger charge is 2.40. The lowest BCUT2D eigenvalue weighted by molar-refractivity contribution is -0.119. The number of carbonyl (C=O) groups excluding carboxylic acids is 2. The third-order valence-electron chi connectivity index (χ3n) is 5.74. The molecule has 2 aromatic carbocycles. The fourth-order valence-electron chi connectivity index (χ4n) is 4.45. The molecule has 6 heteroatoms. The number of nitriles is 1. The molecule has 3 aliphatic rings. The number of benzene rings is 2. The minimum atomic E-state index is -0.315. The molecule has 0 saturated heterocycles. The molecule has 1 amide bonds. The molecule has 29 heavy (non-hydrogen) atoms. The van der Waals surface area contributed by atoms with Gasteiger partial charge in [0.15, 0.2) is 17.3 Å². The van der Waals surface area contributed by atoms with Gasteiger partial charge in [-0.3, -0.25) is 14.5 Å². The van der Waals surface area contributed by atoms with Crippen LogP contribution in [0.2, 0.25) is 0 Å². The minimum absolute atomic E-state index is 0.0702. The summed E-state index contributed by atoms with van der Waals surface area (Å²) in [6.45, 7) is 0.175. The third-order valence-corrected chi connectivity index (χ3v) is 5.74. The first kappa shape index (κ1) is 17.5. The molecule has 2 aromatic rings. The van der Waals surface area contributed by atoms with Crippen LogP contribution in [0.5, 0.6) is 11.5 Å². The fourth-order valence-corrected chi connectivity index (χ4v) is 4.45. The van der Waals surface area contributed by atoms with Gasteiger partial charge in [-0.15, -0.1) is 0 Å². The van der Waals surface area contributed by atoms with E-state index in [1.807, 2.05) is 18.2 Å². The van der Waals surface area contributed by atoms with Gasteiger partial charge in [-0.25, -0.2) is 0 Å². The first-order valence-corrected chi connectivity index (χ1v) is 9.65. The highest BCUT2D eigenvalue weighted by Crippen LogP contribution is 2.45. The molecular weight excluding hydrogens is 368 g/mol. The number of rotatable bonds is 2. The average Bonchev–Trinajstić information content (AvgIpc) is 3.21. The Morgan fingerprint density at radius 3 is 2.72 bits per heavy atom. The number of Topliss-reactive ketones (excluding diaryl/α,β-unsaturated/α-hetero) is 1. The Bertz CT molecular complexity index is 1110. The molecule has 1 unspecified atom stereocenters. The smallest absolute Gasteiger partial charge is 0.232 e. The van der Waals surface area contributed by atoms with Crippen molar-refractivity contribution in [2.45, 2.75) is 31.6 Å². The highest BCUT2D eigenvalue weighted by atomic mass is 16.7. The van der Waals surface area contributed by atoms with Gasteiger partial charge in [-0.1, -0.05) is 18.2 Å². The van der Waals surface area contributed by atoms with Gasteiger partial charge in [0.05, 0.1) is 11.3 Å². The van der Waals surface area contributed by atoms with Crippen LogP contribution >= 0.6 is 0 Å². The second-order valence-electron chi connectivity index (χ2n) is 7.36. The number of hydrogen-bond donors (Lipinski definition) is 0. The van der Waals surface area contributed by atoms with E-state index in [4.69, 9.17) is 9.47 Å². The Morgan fingerprint density at radius 2 is 1.86 bits per heavy atom. The zero-order valence-electron chi connectivity index (χ0n) is 15.7. The maximum absolute atomic E-state index is 13.3. The Morgan fingerprint density at radius 1 is 1.03 bits per heavy atom. The highest BCUT2D eigenvalue weighted by molar-refractivity contribution is 6.08. The van der Waals surface area contributed by atoms with E-state index in [0.29, 0.717) is 47.6 Å². The predicted octanol–water partition coefficient (Wildman–Crippen LogP) is 3.81. The Hall–Kier alpha value is -3.59. The number of fused-ring (bicyclic) bond motifs is 1. The fraction of sp³-hybridized carbons (Fsp3) is 0.261. The average molecular weight is 386 g/mol. The SMILES string of the molecule is N#Cc1ccccc1N1C(=O)CC(c2ccc3c(c2)OCO3)C2=C1CCCC2=O. The van der Waals surface area contributed by atoms with Gasteiger partial charge in [0, 0.05) is 30.0 Å². The summed E-state index contributed by atoms with van der Waals surface area (Å²) in [6, 6.07) is 14.8. The second-order valence-corrected chi connectivity index (χ2v) is 7.36. The summed E-state index contributed by atoms with van der Waals surface area (Å²) >= 11 is 0. The molecule has 0 saturated carbocycles. The molecule has 0 N–H and O–H groups in total. The molecule has 0 bridgehead atoms. The molecule has 5 rings (SSSR count). The van der Waals surface area contributed by atoms with Crippen molar-refractivity contribution < 1.29 is 19.1 Å². The Labute approximate surface area is 167 Å². The lowest BCUT2D eigenvalue weighted by Crippen LogP contribution is -2.40. The molecule has 0 fully saturated rings. The zero-order valence-corrected chi connectivity index (χ0v) is 15.7. The van der Waals surface area contributed by atoms with E-state index in [1.165, 1.54) is 0 Å². The van der Waals surface area contributed by atoms with E-state index >= 15 is 0 Å². The summed E-state index contributed by atoms with van der Waals surface area (Å²) in [6.07, 6.45) is 1.98. The van der Waals surface area contributed by atoms with Crippen molar-refractivity contribution in [1.29, 1.82) is 5.26 Å². The van der Waals surface area contributed by atoms with Gasteiger partial charge in [0.1, 0.15) is 6.07 Å². The van der Waals surface area contributed by atoms with Gasteiger partial charge >= 0.3 is 0 Å². The number of ketones is 1. The molecule has 2 aliphatic heterocycles. The van der Waals surface area contributed by atoms with Crippen molar-refractivity contribution in [3.63, 3.8) is 0 Å². The molecule has 0 aromatic heterocycles. The first-order valence-electron chi connectivity index (χ1n) is 9.65. The number of ether oxygens (including phenoxy) is 2. The van der Waals surface area contributed by atoms with Crippen LogP contribution in [0.15, 0.2) is 53.7 Å². The standard InChI is InChI=1S/C23H18N2O4/c24-12-15-4-1-2-5-17(15)25-18-6-3-7-19(26)23(18)16(11-22(25)27)14-8-9-20-21(10-14)29-13-28-20/h1-2,4-5,8-10,16H,3,6-7,11,13H2. The van der Waals surface area contributed by atoms with Gasteiger partial charge < -0.3 is 9.47 Å². The molecule has 1 atom stereocenters. The van der Waals surface area contributed by atoms with Crippen LogP contribution < -0.4 is 14.4 Å². The van der Waals surface area contributed by atoms with E-state index in [1.54, 1.807) is 29.2 Å². The van der Waals surface area contributed by atoms with Crippen molar-refractivity contribution in [2.75, 3.05) is 11.7 Å². The minimum Gasteiger partial charge on any atom is -0.454 e. The van der Waals surface area contributed by atoms with E-state index in [2.05, 4.69) is 6.07 Å². The largest absolute Gasteiger partial charge is 0.454 e. The summed E-state index contributed by atoms with van der Waals surface area (Å²) in [7, 11) is 0. The summed E-state index contributed by atoms with van der Waals surface area (Å²) in [5.74, 6) is 0.956. The van der Waals surface area contributed by atoms with Crippen LogP contribution in [0.1, 0.15) is 42.7 Å². The number of allylic oxidation sites excluding steroid dienone is 2. The van der Waals surface area contributed by atoms with Crippen LogP contribution in [0.4, 0.5) is 5.69 Å². The maximum atomic E-state index is 13.3. The topological polar surface area (TPSA) is 79.6 Å². The molecule has 144 valence electrons. The summed E-state index contributed by atoms with van der Waals surface area (Å²) < 4.78 is 10.9. The molecule has 2 heterocycles. The number of amides is 1. The van der Waals surface area contributed by atoms with Crippen LogP contribution in [-0.4, -0.2) is 18.5 Å². The number of hydrogen-bond acceptors (Lipinski definition) is 5. The zero-order chi connectivity index (χ0) is 20.0. The van der Waals surface area contributed by atoms with Gasteiger partial charge in [-0.2, -0.15) is 5.26 Å². The van der Waals surface area contributed by atoms with Crippen molar-refractivity contribution >= 4 is 17.4 Å². The monoisotopic (exact) mass is 386 g/mol.